The van der Waals surface area contributed by atoms with Gasteiger partial charge in [0.1, 0.15) is 17.3 Å². The molecule has 29 heavy (non-hydrogen) atoms. The summed E-state index contributed by atoms with van der Waals surface area (Å²) in [6, 6.07) is 12.8. The van der Waals surface area contributed by atoms with Crippen LogP contribution in [0.1, 0.15) is 22.9 Å². The zero-order chi connectivity index (χ0) is 20.7. The number of aromatic nitrogens is 1. The summed E-state index contributed by atoms with van der Waals surface area (Å²) >= 11 is 5.90. The number of aliphatic hydroxyl groups excluding tert-OH is 1. The molecule has 2 heterocycles. The van der Waals surface area contributed by atoms with Crippen LogP contribution in [0, 0.1) is 6.92 Å². The van der Waals surface area contributed by atoms with Crippen LogP contribution in [0.4, 0.5) is 5.82 Å². The average molecular weight is 411 g/mol. The van der Waals surface area contributed by atoms with E-state index < -0.39 is 17.7 Å². The number of nitrogens with zero attached hydrogens (tertiary/aromatic N) is 2. The van der Waals surface area contributed by atoms with E-state index in [1.165, 1.54) is 23.1 Å². The molecule has 1 fully saturated rings. The molecule has 1 aliphatic heterocycles. The molecule has 1 atom stereocenters. The first-order valence-electron chi connectivity index (χ1n) is 8.66. The summed E-state index contributed by atoms with van der Waals surface area (Å²) in [6.45, 7) is 1.66. The topological polar surface area (TPSA) is 104 Å². The first-order chi connectivity index (χ1) is 13.9. The maximum atomic E-state index is 12.9. The van der Waals surface area contributed by atoms with Gasteiger partial charge in [-0.3, -0.25) is 14.5 Å². The third-order valence-corrected chi connectivity index (χ3v) is 4.89. The van der Waals surface area contributed by atoms with Crippen molar-refractivity contribution in [1.82, 2.24) is 5.16 Å². The second kappa shape index (κ2) is 7.10. The Kier molecular flexibility index (Phi) is 4.60. The molecular weight excluding hydrogens is 396 g/mol. The Balaban J connectivity index is 1.93. The highest BCUT2D eigenvalue weighted by Gasteiger charge is 2.48. The van der Waals surface area contributed by atoms with Crippen molar-refractivity contribution in [2.45, 2.75) is 13.0 Å². The first kappa shape index (κ1) is 18.8. The van der Waals surface area contributed by atoms with E-state index in [2.05, 4.69) is 5.16 Å². The van der Waals surface area contributed by atoms with Crippen LogP contribution >= 0.6 is 11.6 Å². The van der Waals surface area contributed by atoms with Crippen molar-refractivity contribution >= 4 is 34.9 Å². The molecule has 8 heteroatoms. The van der Waals surface area contributed by atoms with E-state index in [4.69, 9.17) is 16.1 Å². The first-order valence-corrected chi connectivity index (χ1v) is 9.04. The number of hydrogen-bond acceptors (Lipinski definition) is 6. The molecule has 0 saturated carbocycles. The number of carbonyl (C=O) groups is 2. The van der Waals surface area contributed by atoms with Gasteiger partial charge in [0.15, 0.2) is 5.82 Å². The van der Waals surface area contributed by atoms with Crippen LogP contribution in [0.5, 0.6) is 5.75 Å². The Morgan fingerprint density at radius 1 is 1.10 bits per heavy atom. The molecule has 1 aromatic heterocycles. The largest absolute Gasteiger partial charge is 0.508 e. The number of aryl methyl sites for hydroxylation is 1. The van der Waals surface area contributed by atoms with Crippen molar-refractivity contribution in [3.63, 3.8) is 0 Å². The Morgan fingerprint density at radius 3 is 2.34 bits per heavy atom. The normalized spacial score (nSPS) is 18.4. The zero-order valence-corrected chi connectivity index (χ0v) is 15.9. The molecule has 146 valence electrons. The van der Waals surface area contributed by atoms with Gasteiger partial charge in [0.05, 0.1) is 11.6 Å². The van der Waals surface area contributed by atoms with Gasteiger partial charge < -0.3 is 14.7 Å². The van der Waals surface area contributed by atoms with Gasteiger partial charge in [0.25, 0.3) is 5.78 Å². The van der Waals surface area contributed by atoms with Crippen LogP contribution in [0.25, 0.3) is 5.76 Å². The summed E-state index contributed by atoms with van der Waals surface area (Å²) in [6.07, 6.45) is 0. The van der Waals surface area contributed by atoms with Crippen molar-refractivity contribution in [1.29, 1.82) is 0 Å². The van der Waals surface area contributed by atoms with E-state index in [0.29, 0.717) is 21.9 Å². The van der Waals surface area contributed by atoms with Crippen LogP contribution in [0.3, 0.4) is 0 Å². The maximum absolute atomic E-state index is 12.9. The fourth-order valence-electron chi connectivity index (χ4n) is 3.27. The number of halogens is 1. The second-order valence-electron chi connectivity index (χ2n) is 6.56. The molecule has 0 aliphatic carbocycles. The number of amides is 1. The summed E-state index contributed by atoms with van der Waals surface area (Å²) in [7, 11) is 0. The lowest BCUT2D eigenvalue weighted by atomic mass is 9.95. The van der Waals surface area contributed by atoms with E-state index >= 15 is 0 Å². The SMILES string of the molecule is Cc1cc(N2C(=O)C(=O)/C(=C(/O)c3ccc(Cl)cc3)C2c2ccc(O)cc2)no1. The molecule has 4 rings (SSSR count). The van der Waals surface area contributed by atoms with Gasteiger partial charge in [-0.25, -0.2) is 0 Å². The van der Waals surface area contributed by atoms with E-state index in [1.807, 2.05) is 0 Å². The highest BCUT2D eigenvalue weighted by atomic mass is 35.5. The third-order valence-electron chi connectivity index (χ3n) is 4.63. The molecule has 1 saturated heterocycles. The van der Waals surface area contributed by atoms with Gasteiger partial charge in [-0.15, -0.1) is 0 Å². The monoisotopic (exact) mass is 410 g/mol. The smallest absolute Gasteiger partial charge is 0.301 e. The summed E-state index contributed by atoms with van der Waals surface area (Å²) < 4.78 is 5.07. The number of phenolic OH excluding ortho intramolecular Hbond substituents is 1. The number of rotatable bonds is 3. The van der Waals surface area contributed by atoms with Crippen LogP contribution in [0.15, 0.2) is 64.7 Å². The van der Waals surface area contributed by atoms with E-state index in [1.54, 1.807) is 43.3 Å². The van der Waals surface area contributed by atoms with Crippen molar-refractivity contribution in [3.05, 3.63) is 82.1 Å². The van der Waals surface area contributed by atoms with Crippen LogP contribution in [0.2, 0.25) is 5.02 Å². The summed E-state index contributed by atoms with van der Waals surface area (Å²) in [4.78, 5) is 26.9. The van der Waals surface area contributed by atoms with Gasteiger partial charge in [-0.05, 0) is 48.9 Å². The Morgan fingerprint density at radius 2 is 1.76 bits per heavy atom. The highest BCUT2D eigenvalue weighted by Crippen LogP contribution is 2.42. The van der Waals surface area contributed by atoms with Gasteiger partial charge in [0.2, 0.25) is 0 Å². The van der Waals surface area contributed by atoms with Crippen LogP contribution in [-0.2, 0) is 9.59 Å². The molecule has 7 nitrogen and oxygen atoms in total. The molecule has 1 unspecified atom stereocenters. The zero-order valence-electron chi connectivity index (χ0n) is 15.2. The lowest BCUT2D eigenvalue weighted by molar-refractivity contribution is -0.132. The van der Waals surface area contributed by atoms with Crippen LogP contribution < -0.4 is 4.90 Å². The highest BCUT2D eigenvalue weighted by molar-refractivity contribution is 6.51. The number of benzene rings is 2. The quantitative estimate of drug-likeness (QED) is 0.384. The van der Waals surface area contributed by atoms with Gasteiger partial charge in [0, 0.05) is 16.7 Å². The number of carbonyl (C=O) groups excluding carboxylic acids is 2. The molecule has 1 aliphatic rings. The molecule has 1 amide bonds. The number of aromatic hydroxyl groups is 1. The number of ketones is 1. The summed E-state index contributed by atoms with van der Waals surface area (Å²) in [5, 5.41) is 24.8. The molecule has 0 spiro atoms. The Hall–Kier alpha value is -3.58. The number of phenols is 1. The van der Waals surface area contributed by atoms with Crippen molar-refractivity contribution < 1.29 is 24.3 Å². The minimum Gasteiger partial charge on any atom is -0.508 e. The molecule has 3 aromatic rings. The predicted molar refractivity (Wildman–Crippen MR) is 106 cm³/mol. The second-order valence-corrected chi connectivity index (χ2v) is 7.00. The van der Waals surface area contributed by atoms with Crippen molar-refractivity contribution in [2.75, 3.05) is 4.90 Å². The minimum absolute atomic E-state index is 0.0284. The van der Waals surface area contributed by atoms with E-state index in [-0.39, 0.29) is 22.9 Å². The van der Waals surface area contributed by atoms with E-state index in [0.717, 1.165) is 0 Å². The predicted octanol–water partition coefficient (Wildman–Crippen LogP) is 3.97. The molecular formula is C21H15ClN2O5. The fourth-order valence-corrected chi connectivity index (χ4v) is 3.40. The Labute approximate surface area is 170 Å². The number of anilines is 1. The summed E-state index contributed by atoms with van der Waals surface area (Å²) in [5.74, 6) is -1.38. The number of Topliss-reactive ketones (excluding diaryl/α,β-unsaturated/α-hetero) is 1. The van der Waals surface area contributed by atoms with E-state index in [9.17, 15) is 19.8 Å². The number of aliphatic hydroxyl groups is 1. The molecule has 0 bridgehead atoms. The molecule has 2 aromatic carbocycles. The average Bonchev–Trinajstić information content (AvgIpc) is 3.24. The minimum atomic E-state index is -0.948. The van der Waals surface area contributed by atoms with Gasteiger partial charge in [-0.2, -0.15) is 0 Å². The fraction of sp³-hybridized carbons (Fsp3) is 0.0952. The number of hydrogen-bond donors (Lipinski definition) is 2. The van der Waals surface area contributed by atoms with Crippen LogP contribution in [-0.4, -0.2) is 27.1 Å². The standard InChI is InChI=1S/C21H15ClN2O5/c1-11-10-16(23-29-11)24-18(12-4-8-15(25)9-5-12)17(20(27)21(24)28)19(26)13-2-6-14(22)7-3-13/h2-10,18,25-26H,1H3/b19-17+. The third kappa shape index (κ3) is 3.25. The molecule has 2 N–H and O–H groups in total. The van der Waals surface area contributed by atoms with Crippen molar-refractivity contribution in [2.24, 2.45) is 0 Å². The van der Waals surface area contributed by atoms with Gasteiger partial charge in [-0.1, -0.05) is 28.9 Å². The molecule has 0 radical (unpaired) electrons. The summed E-state index contributed by atoms with van der Waals surface area (Å²) in [5.41, 5.74) is 0.759. The van der Waals surface area contributed by atoms with Crippen molar-refractivity contribution in [3.8, 4) is 5.75 Å². The lowest BCUT2D eigenvalue weighted by Crippen LogP contribution is -2.29. The lowest BCUT2D eigenvalue weighted by Gasteiger charge is -2.22. The van der Waals surface area contributed by atoms with Gasteiger partial charge >= 0.3 is 5.91 Å². The Bertz CT molecular complexity index is 1130. The maximum Gasteiger partial charge on any atom is 0.301 e.